The topological polar surface area (TPSA) is 38.3 Å². The van der Waals surface area contributed by atoms with Crippen molar-refractivity contribution in [1.82, 2.24) is 0 Å². The van der Waals surface area contributed by atoms with Gasteiger partial charge in [-0.05, 0) is 25.1 Å². The Bertz CT molecular complexity index is 321. The first-order valence-corrected chi connectivity index (χ1v) is 4.77. The van der Waals surface area contributed by atoms with Crippen LogP contribution in [0.15, 0.2) is 18.2 Å². The number of hydrogen-bond donors (Lipinski definition) is 1. The van der Waals surface area contributed by atoms with Crippen LogP contribution in [0, 0.1) is 0 Å². The van der Waals surface area contributed by atoms with Gasteiger partial charge in [-0.25, -0.2) is 4.79 Å². The van der Waals surface area contributed by atoms with E-state index in [-0.39, 0.29) is 0 Å². The Balaban J connectivity index is 2.71. The Morgan fingerprint density at radius 3 is 2.43 bits per heavy atom. The van der Waals surface area contributed by atoms with Crippen LogP contribution in [0.1, 0.15) is 6.92 Å². The number of benzene rings is 1. The predicted molar refractivity (Wildman–Crippen MR) is 57.1 cm³/mol. The molecule has 1 aromatic carbocycles. The highest BCUT2D eigenvalue weighted by atomic mass is 35.5. The molecule has 14 heavy (non-hydrogen) atoms. The number of amides is 1. The molecule has 0 aliphatic carbocycles. The molecule has 1 amide bonds. The van der Waals surface area contributed by atoms with Crippen molar-refractivity contribution in [3.8, 4) is 0 Å². The fourth-order valence-corrected chi connectivity index (χ4v) is 1.44. The van der Waals surface area contributed by atoms with Gasteiger partial charge < -0.3 is 4.74 Å². The molecule has 0 atom stereocenters. The summed E-state index contributed by atoms with van der Waals surface area (Å²) in [6.45, 7) is 2.05. The molecular formula is C9H9Cl2NO2. The van der Waals surface area contributed by atoms with Crippen molar-refractivity contribution < 1.29 is 9.53 Å². The number of carbonyl (C=O) groups is 1. The molecule has 1 aromatic rings. The lowest BCUT2D eigenvalue weighted by atomic mass is 10.3. The third kappa shape index (κ3) is 3.44. The fourth-order valence-electron chi connectivity index (χ4n) is 0.911. The summed E-state index contributed by atoms with van der Waals surface area (Å²) in [6, 6.07) is 4.76. The lowest BCUT2D eigenvalue weighted by molar-refractivity contribution is 0.168. The number of ether oxygens (including phenoxy) is 1. The molecule has 0 heterocycles. The van der Waals surface area contributed by atoms with Gasteiger partial charge in [-0.3, -0.25) is 5.32 Å². The van der Waals surface area contributed by atoms with Crippen molar-refractivity contribution in [1.29, 1.82) is 0 Å². The average Bonchev–Trinajstić information content (AvgIpc) is 2.01. The van der Waals surface area contributed by atoms with Gasteiger partial charge in [-0.15, -0.1) is 0 Å². The largest absolute Gasteiger partial charge is 0.450 e. The van der Waals surface area contributed by atoms with Crippen LogP contribution in [0.5, 0.6) is 0 Å². The van der Waals surface area contributed by atoms with Crippen molar-refractivity contribution in [2.75, 3.05) is 11.9 Å². The molecule has 0 spiro atoms. The highest BCUT2D eigenvalue weighted by Crippen LogP contribution is 2.22. The fraction of sp³-hybridized carbons (Fsp3) is 0.222. The van der Waals surface area contributed by atoms with Crippen molar-refractivity contribution >= 4 is 35.0 Å². The molecule has 0 saturated carbocycles. The first-order chi connectivity index (χ1) is 6.61. The minimum atomic E-state index is -0.522. The number of halogens is 2. The van der Waals surface area contributed by atoms with Crippen LogP contribution in [-0.4, -0.2) is 12.7 Å². The van der Waals surface area contributed by atoms with Gasteiger partial charge in [-0.1, -0.05) is 23.2 Å². The third-order valence-electron chi connectivity index (χ3n) is 1.38. The highest BCUT2D eigenvalue weighted by Gasteiger charge is 2.03. The number of anilines is 1. The smallest absolute Gasteiger partial charge is 0.411 e. The number of carbonyl (C=O) groups excluding carboxylic acids is 1. The monoisotopic (exact) mass is 233 g/mol. The lowest BCUT2D eigenvalue weighted by Gasteiger charge is -2.05. The molecule has 0 aliphatic rings. The van der Waals surface area contributed by atoms with Crippen molar-refractivity contribution in [3.05, 3.63) is 28.2 Å². The molecule has 1 rings (SSSR count). The van der Waals surface area contributed by atoms with E-state index in [0.29, 0.717) is 22.3 Å². The molecule has 0 radical (unpaired) electrons. The quantitative estimate of drug-likeness (QED) is 0.849. The van der Waals surface area contributed by atoms with E-state index < -0.39 is 6.09 Å². The maximum Gasteiger partial charge on any atom is 0.411 e. The highest BCUT2D eigenvalue weighted by molar-refractivity contribution is 6.35. The van der Waals surface area contributed by atoms with Crippen molar-refractivity contribution in [3.63, 3.8) is 0 Å². The maximum absolute atomic E-state index is 11.0. The van der Waals surface area contributed by atoms with E-state index in [1.807, 2.05) is 0 Å². The second-order valence-electron chi connectivity index (χ2n) is 2.50. The van der Waals surface area contributed by atoms with Gasteiger partial charge in [0.2, 0.25) is 0 Å². The summed E-state index contributed by atoms with van der Waals surface area (Å²) < 4.78 is 4.69. The molecule has 1 N–H and O–H groups in total. The Morgan fingerprint density at radius 2 is 1.93 bits per heavy atom. The summed E-state index contributed by atoms with van der Waals surface area (Å²) >= 11 is 11.5. The SMILES string of the molecule is CCOC(=O)Nc1cc(Cl)cc(Cl)c1. The van der Waals surface area contributed by atoms with Crippen LogP contribution >= 0.6 is 23.2 Å². The van der Waals surface area contributed by atoms with Gasteiger partial charge in [0.25, 0.3) is 0 Å². The van der Waals surface area contributed by atoms with E-state index in [1.54, 1.807) is 25.1 Å². The molecule has 0 bridgehead atoms. The summed E-state index contributed by atoms with van der Waals surface area (Å²) in [5.41, 5.74) is 0.515. The molecule has 0 fully saturated rings. The summed E-state index contributed by atoms with van der Waals surface area (Å²) in [7, 11) is 0. The van der Waals surface area contributed by atoms with Gasteiger partial charge >= 0.3 is 6.09 Å². The molecule has 0 aliphatic heterocycles. The van der Waals surface area contributed by atoms with Crippen molar-refractivity contribution in [2.45, 2.75) is 6.92 Å². The second-order valence-corrected chi connectivity index (χ2v) is 3.38. The summed E-state index contributed by atoms with van der Waals surface area (Å²) in [5.74, 6) is 0. The van der Waals surface area contributed by atoms with Crippen LogP contribution in [0.2, 0.25) is 10.0 Å². The van der Waals surface area contributed by atoms with Gasteiger partial charge in [0, 0.05) is 15.7 Å². The average molecular weight is 234 g/mol. The van der Waals surface area contributed by atoms with Crippen LogP contribution in [0.25, 0.3) is 0 Å². The second kappa shape index (κ2) is 5.08. The minimum Gasteiger partial charge on any atom is -0.450 e. The molecular weight excluding hydrogens is 225 g/mol. The van der Waals surface area contributed by atoms with Gasteiger partial charge in [0.15, 0.2) is 0 Å². The Labute approximate surface area is 92.0 Å². The van der Waals surface area contributed by atoms with Crippen LogP contribution in [0.3, 0.4) is 0 Å². The first-order valence-electron chi connectivity index (χ1n) is 4.01. The predicted octanol–water partition coefficient (Wildman–Crippen LogP) is 3.56. The van der Waals surface area contributed by atoms with Gasteiger partial charge in [0.05, 0.1) is 6.61 Å². The zero-order valence-electron chi connectivity index (χ0n) is 7.51. The number of rotatable bonds is 2. The summed E-state index contributed by atoms with van der Waals surface area (Å²) in [5, 5.41) is 3.42. The number of hydrogen-bond acceptors (Lipinski definition) is 2. The molecule has 0 aromatic heterocycles. The van der Waals surface area contributed by atoms with E-state index in [1.165, 1.54) is 0 Å². The maximum atomic E-state index is 11.0. The van der Waals surface area contributed by atoms with Crippen molar-refractivity contribution in [2.24, 2.45) is 0 Å². The molecule has 5 heteroatoms. The zero-order chi connectivity index (χ0) is 10.6. The van der Waals surface area contributed by atoms with Gasteiger partial charge in [0.1, 0.15) is 0 Å². The molecule has 0 saturated heterocycles. The van der Waals surface area contributed by atoms with E-state index in [2.05, 4.69) is 10.1 Å². The minimum absolute atomic E-state index is 0.320. The van der Waals surface area contributed by atoms with Crippen LogP contribution < -0.4 is 5.32 Å². The Morgan fingerprint density at radius 1 is 1.36 bits per heavy atom. The molecule has 76 valence electrons. The van der Waals surface area contributed by atoms with E-state index in [9.17, 15) is 4.79 Å². The zero-order valence-corrected chi connectivity index (χ0v) is 9.02. The normalized spacial score (nSPS) is 9.64. The standard InChI is InChI=1S/C9H9Cl2NO2/c1-2-14-9(13)12-8-4-6(10)3-7(11)5-8/h3-5H,2H2,1H3,(H,12,13). The summed E-state index contributed by atoms with van der Waals surface area (Å²) in [4.78, 5) is 11.0. The van der Waals surface area contributed by atoms with Gasteiger partial charge in [-0.2, -0.15) is 0 Å². The van der Waals surface area contributed by atoms with E-state index >= 15 is 0 Å². The molecule has 0 unspecified atom stereocenters. The summed E-state index contributed by atoms with van der Waals surface area (Å²) in [6.07, 6.45) is -0.522. The lowest BCUT2D eigenvalue weighted by Crippen LogP contribution is -2.13. The Kier molecular flexibility index (Phi) is 4.04. The Hall–Kier alpha value is -0.930. The van der Waals surface area contributed by atoms with E-state index in [4.69, 9.17) is 23.2 Å². The number of nitrogens with one attached hydrogen (secondary N) is 1. The third-order valence-corrected chi connectivity index (χ3v) is 1.82. The van der Waals surface area contributed by atoms with Crippen LogP contribution in [-0.2, 0) is 4.74 Å². The molecule has 3 nitrogen and oxygen atoms in total. The van der Waals surface area contributed by atoms with E-state index in [0.717, 1.165) is 0 Å². The first kappa shape index (κ1) is 11.1. The van der Waals surface area contributed by atoms with Crippen LogP contribution in [0.4, 0.5) is 10.5 Å².